The summed E-state index contributed by atoms with van der Waals surface area (Å²) >= 11 is 0. The van der Waals surface area contributed by atoms with Gasteiger partial charge in [-0.15, -0.1) is 24.0 Å². The van der Waals surface area contributed by atoms with Crippen molar-refractivity contribution in [1.29, 1.82) is 0 Å². The van der Waals surface area contributed by atoms with Crippen LogP contribution >= 0.6 is 24.0 Å². The van der Waals surface area contributed by atoms with Crippen molar-refractivity contribution >= 4 is 41.6 Å². The van der Waals surface area contributed by atoms with Crippen LogP contribution in [0.1, 0.15) is 50.5 Å². The van der Waals surface area contributed by atoms with Crippen LogP contribution < -0.4 is 10.2 Å². The number of aliphatic imine (C=N–C) groups is 1. The number of anilines is 1. The maximum absolute atomic E-state index is 11.7. The number of esters is 1. The fourth-order valence-electron chi connectivity index (χ4n) is 4.54. The zero-order valence-electron chi connectivity index (χ0n) is 18.6. The number of carbonyl (C=O) groups is 1. The first-order valence-corrected chi connectivity index (χ1v) is 11.0. The molecule has 0 amide bonds. The molecule has 0 radical (unpaired) electrons. The molecule has 6 nitrogen and oxygen atoms in total. The summed E-state index contributed by atoms with van der Waals surface area (Å²) in [6.45, 7) is 2.39. The van der Waals surface area contributed by atoms with Crippen LogP contribution in [0.15, 0.2) is 29.3 Å². The van der Waals surface area contributed by atoms with Crippen molar-refractivity contribution in [2.24, 2.45) is 10.9 Å². The molecule has 3 rings (SSSR count). The molecule has 1 aromatic carbocycles. The van der Waals surface area contributed by atoms with E-state index in [-0.39, 0.29) is 35.9 Å². The Bertz CT molecular complexity index is 681. The van der Waals surface area contributed by atoms with Gasteiger partial charge in [0, 0.05) is 45.5 Å². The molecule has 7 heteroatoms. The predicted molar refractivity (Wildman–Crippen MR) is 134 cm³/mol. The predicted octanol–water partition coefficient (Wildman–Crippen LogP) is 4.03. The Morgan fingerprint density at radius 2 is 1.77 bits per heavy atom. The molecular weight excluding hydrogens is 491 g/mol. The molecule has 1 aliphatic heterocycles. The van der Waals surface area contributed by atoms with Gasteiger partial charge < -0.3 is 19.9 Å². The fourth-order valence-corrected chi connectivity index (χ4v) is 4.54. The lowest BCUT2D eigenvalue weighted by Crippen LogP contribution is -2.46. The van der Waals surface area contributed by atoms with Gasteiger partial charge in [0.1, 0.15) is 0 Å². The number of methoxy groups -OCH3 is 1. The van der Waals surface area contributed by atoms with Gasteiger partial charge in [0.05, 0.1) is 13.0 Å². The average Bonchev–Trinajstić information content (AvgIpc) is 2.80. The molecule has 2 fully saturated rings. The Hall–Kier alpha value is -1.51. The summed E-state index contributed by atoms with van der Waals surface area (Å²) in [4.78, 5) is 20.8. The molecule has 0 bridgehead atoms. The molecule has 1 saturated heterocycles. The molecule has 1 aromatic rings. The lowest BCUT2D eigenvalue weighted by Gasteiger charge is -2.33. The normalized spacial score (nSPS) is 18.5. The van der Waals surface area contributed by atoms with E-state index < -0.39 is 0 Å². The van der Waals surface area contributed by atoms with E-state index >= 15 is 0 Å². The Balaban J connectivity index is 0.00000320. The van der Waals surface area contributed by atoms with E-state index in [2.05, 4.69) is 51.4 Å². The van der Waals surface area contributed by atoms with Crippen molar-refractivity contribution in [2.45, 2.75) is 57.5 Å². The smallest absolute Gasteiger partial charge is 0.308 e. The number of ether oxygens (including phenoxy) is 1. The van der Waals surface area contributed by atoms with E-state index in [0.717, 1.165) is 38.4 Å². The number of nitrogens with zero attached hydrogens (tertiary/aromatic N) is 3. The standard InChI is InChI=1S/C23H36N4O2.HI/c1-24-23(27-15-13-19(14-16-27)22(28)29-3)25-17-18-9-11-21(12-10-18)26(2)20-7-5-4-6-8-20;/h9-12,19-20H,4-8,13-17H2,1-3H3,(H,24,25);1H. The van der Waals surface area contributed by atoms with E-state index in [1.165, 1.54) is 50.5 Å². The number of hydrogen-bond donors (Lipinski definition) is 1. The topological polar surface area (TPSA) is 57.2 Å². The Kier molecular flexibility index (Phi) is 10.2. The monoisotopic (exact) mass is 528 g/mol. The van der Waals surface area contributed by atoms with Crippen LogP contribution in [0.25, 0.3) is 0 Å². The van der Waals surface area contributed by atoms with Crippen molar-refractivity contribution in [3.8, 4) is 0 Å². The SMILES string of the molecule is CN=C(NCc1ccc(N(C)C2CCCCC2)cc1)N1CCC(C(=O)OC)CC1.I. The first kappa shape index (κ1) is 24.8. The number of hydrogen-bond acceptors (Lipinski definition) is 4. The number of likely N-dealkylation sites (tertiary alicyclic amines) is 1. The molecule has 0 unspecified atom stereocenters. The van der Waals surface area contributed by atoms with Crippen LogP contribution in [0.2, 0.25) is 0 Å². The third-order valence-corrected chi connectivity index (χ3v) is 6.46. The zero-order chi connectivity index (χ0) is 20.6. The second-order valence-electron chi connectivity index (χ2n) is 8.25. The summed E-state index contributed by atoms with van der Waals surface area (Å²) in [6.07, 6.45) is 8.34. The Labute approximate surface area is 198 Å². The minimum Gasteiger partial charge on any atom is -0.469 e. The van der Waals surface area contributed by atoms with Gasteiger partial charge in [0.15, 0.2) is 5.96 Å². The second kappa shape index (κ2) is 12.4. The first-order valence-electron chi connectivity index (χ1n) is 11.0. The number of guanidine groups is 1. The summed E-state index contributed by atoms with van der Waals surface area (Å²) in [7, 11) is 5.51. The Morgan fingerprint density at radius 3 is 2.33 bits per heavy atom. The highest BCUT2D eigenvalue weighted by Gasteiger charge is 2.27. The fraction of sp³-hybridized carbons (Fsp3) is 0.652. The van der Waals surface area contributed by atoms with Crippen LogP contribution in [-0.4, -0.2) is 57.2 Å². The molecular formula is C23H37IN4O2. The van der Waals surface area contributed by atoms with E-state index in [9.17, 15) is 4.79 Å². The van der Waals surface area contributed by atoms with Crippen molar-refractivity contribution in [2.75, 3.05) is 39.2 Å². The highest BCUT2D eigenvalue weighted by atomic mass is 127. The minimum absolute atomic E-state index is 0. The number of halogens is 1. The second-order valence-corrected chi connectivity index (χ2v) is 8.25. The highest BCUT2D eigenvalue weighted by molar-refractivity contribution is 14.0. The van der Waals surface area contributed by atoms with E-state index in [1.807, 2.05) is 7.05 Å². The molecule has 0 aromatic heterocycles. The quantitative estimate of drug-likeness (QED) is 0.271. The van der Waals surface area contributed by atoms with Gasteiger partial charge in [-0.2, -0.15) is 0 Å². The summed E-state index contributed by atoms with van der Waals surface area (Å²) in [5.41, 5.74) is 2.55. The molecule has 1 saturated carbocycles. The van der Waals surface area contributed by atoms with E-state index in [4.69, 9.17) is 4.74 Å². The third kappa shape index (κ3) is 6.49. The lowest BCUT2D eigenvalue weighted by atomic mass is 9.94. The van der Waals surface area contributed by atoms with E-state index in [0.29, 0.717) is 6.04 Å². The van der Waals surface area contributed by atoms with Crippen molar-refractivity contribution in [3.05, 3.63) is 29.8 Å². The molecule has 1 N–H and O–H groups in total. The van der Waals surface area contributed by atoms with Crippen LogP contribution in [0.4, 0.5) is 5.69 Å². The summed E-state index contributed by atoms with van der Waals surface area (Å²) in [5.74, 6) is 0.825. The average molecular weight is 528 g/mol. The summed E-state index contributed by atoms with van der Waals surface area (Å²) in [6, 6.07) is 9.56. The number of benzene rings is 1. The van der Waals surface area contributed by atoms with Gasteiger partial charge in [0.2, 0.25) is 0 Å². The minimum atomic E-state index is -0.0918. The van der Waals surface area contributed by atoms with Crippen LogP contribution in [0.3, 0.4) is 0 Å². The van der Waals surface area contributed by atoms with Crippen LogP contribution in [0, 0.1) is 5.92 Å². The summed E-state index contributed by atoms with van der Waals surface area (Å²) < 4.78 is 4.88. The van der Waals surface area contributed by atoms with Gasteiger partial charge in [-0.1, -0.05) is 31.4 Å². The van der Waals surface area contributed by atoms with Crippen LogP contribution in [-0.2, 0) is 16.1 Å². The molecule has 1 heterocycles. The van der Waals surface area contributed by atoms with Gasteiger partial charge in [-0.3, -0.25) is 9.79 Å². The molecule has 30 heavy (non-hydrogen) atoms. The van der Waals surface area contributed by atoms with Gasteiger partial charge in [0.25, 0.3) is 0 Å². The zero-order valence-corrected chi connectivity index (χ0v) is 20.9. The highest BCUT2D eigenvalue weighted by Crippen LogP contribution is 2.26. The van der Waals surface area contributed by atoms with Crippen LogP contribution in [0.5, 0.6) is 0 Å². The first-order chi connectivity index (χ1) is 14.1. The number of carbonyl (C=O) groups excluding carboxylic acids is 1. The third-order valence-electron chi connectivity index (χ3n) is 6.46. The maximum Gasteiger partial charge on any atom is 0.308 e. The van der Waals surface area contributed by atoms with Gasteiger partial charge >= 0.3 is 5.97 Å². The van der Waals surface area contributed by atoms with Crippen molar-refractivity contribution in [3.63, 3.8) is 0 Å². The molecule has 0 spiro atoms. The lowest BCUT2D eigenvalue weighted by molar-refractivity contribution is -0.146. The van der Waals surface area contributed by atoms with Crippen molar-refractivity contribution in [1.82, 2.24) is 10.2 Å². The molecule has 2 aliphatic rings. The molecule has 1 aliphatic carbocycles. The number of piperidine rings is 1. The van der Waals surface area contributed by atoms with Crippen molar-refractivity contribution < 1.29 is 9.53 Å². The van der Waals surface area contributed by atoms with Gasteiger partial charge in [-0.25, -0.2) is 0 Å². The summed E-state index contributed by atoms with van der Waals surface area (Å²) in [5, 5.41) is 3.47. The number of nitrogens with one attached hydrogen (secondary N) is 1. The molecule has 0 atom stereocenters. The van der Waals surface area contributed by atoms with Gasteiger partial charge in [-0.05, 0) is 43.4 Å². The largest absolute Gasteiger partial charge is 0.469 e. The molecule has 168 valence electrons. The number of rotatable bonds is 5. The van der Waals surface area contributed by atoms with E-state index in [1.54, 1.807) is 0 Å². The Morgan fingerprint density at radius 1 is 1.13 bits per heavy atom. The maximum atomic E-state index is 11.7.